The molecule has 2 aromatic heterocycles. The number of amides is 1. The van der Waals surface area contributed by atoms with Crippen molar-refractivity contribution >= 4 is 5.91 Å². The van der Waals surface area contributed by atoms with E-state index in [9.17, 15) is 4.79 Å². The summed E-state index contributed by atoms with van der Waals surface area (Å²) in [6.07, 6.45) is 5.28. The van der Waals surface area contributed by atoms with Crippen LogP contribution in [0, 0.1) is 0 Å². The summed E-state index contributed by atoms with van der Waals surface area (Å²) >= 11 is 0. The fourth-order valence-electron chi connectivity index (χ4n) is 2.09. The summed E-state index contributed by atoms with van der Waals surface area (Å²) in [6.45, 7) is 1.21. The van der Waals surface area contributed by atoms with Crippen LogP contribution in [0.15, 0.2) is 43.0 Å². The van der Waals surface area contributed by atoms with Crippen molar-refractivity contribution in [2.24, 2.45) is 7.05 Å². The standard InChI is InChI=1S/C14H15N7O/c1-20-13(17-18-19-20)11-3-2-4-12(9-11)14(22)16-6-8-21-7-5-15-10-21/h2-5,7,9-10H,6,8H2,1H3,(H,16,22). The monoisotopic (exact) mass is 297 g/mol. The number of nitrogens with one attached hydrogen (secondary N) is 1. The lowest BCUT2D eigenvalue weighted by Crippen LogP contribution is -2.27. The van der Waals surface area contributed by atoms with Crippen LogP contribution in [0.2, 0.25) is 0 Å². The third kappa shape index (κ3) is 3.00. The highest BCUT2D eigenvalue weighted by Crippen LogP contribution is 2.16. The number of rotatable bonds is 5. The van der Waals surface area contributed by atoms with Gasteiger partial charge >= 0.3 is 0 Å². The molecule has 8 nitrogen and oxygen atoms in total. The minimum Gasteiger partial charge on any atom is -0.350 e. The maximum atomic E-state index is 12.2. The minimum absolute atomic E-state index is 0.128. The third-order valence-electron chi connectivity index (χ3n) is 3.22. The van der Waals surface area contributed by atoms with Gasteiger partial charge in [0.05, 0.1) is 6.33 Å². The summed E-state index contributed by atoms with van der Waals surface area (Å²) in [4.78, 5) is 16.1. The van der Waals surface area contributed by atoms with Crippen molar-refractivity contribution < 1.29 is 4.79 Å². The Kier molecular flexibility index (Phi) is 3.90. The number of aryl methyl sites for hydroxylation is 1. The molecule has 3 aromatic rings. The number of hydrogen-bond donors (Lipinski definition) is 1. The zero-order valence-corrected chi connectivity index (χ0v) is 12.0. The number of aromatic nitrogens is 6. The van der Waals surface area contributed by atoms with Gasteiger partial charge in [0.15, 0.2) is 5.82 Å². The zero-order chi connectivity index (χ0) is 15.4. The van der Waals surface area contributed by atoms with Gasteiger partial charge in [-0.25, -0.2) is 9.67 Å². The Labute approximate surface area is 126 Å². The molecule has 2 heterocycles. The smallest absolute Gasteiger partial charge is 0.251 e. The Bertz CT molecular complexity index is 763. The first kappa shape index (κ1) is 13.9. The van der Waals surface area contributed by atoms with Gasteiger partial charge in [-0.3, -0.25) is 4.79 Å². The van der Waals surface area contributed by atoms with Gasteiger partial charge in [-0.1, -0.05) is 12.1 Å². The van der Waals surface area contributed by atoms with E-state index in [1.807, 2.05) is 22.9 Å². The SMILES string of the molecule is Cn1nnnc1-c1cccc(C(=O)NCCn2ccnc2)c1. The van der Waals surface area contributed by atoms with Gasteiger partial charge in [0.1, 0.15) is 0 Å². The molecule has 0 aliphatic carbocycles. The molecule has 22 heavy (non-hydrogen) atoms. The van der Waals surface area contributed by atoms with E-state index in [1.165, 1.54) is 0 Å². The molecule has 0 radical (unpaired) electrons. The molecule has 0 aliphatic heterocycles. The molecule has 8 heteroatoms. The third-order valence-corrected chi connectivity index (χ3v) is 3.22. The lowest BCUT2D eigenvalue weighted by molar-refractivity contribution is 0.0952. The van der Waals surface area contributed by atoms with Crippen molar-refractivity contribution in [1.82, 2.24) is 35.1 Å². The van der Waals surface area contributed by atoms with Crippen LogP contribution in [0.25, 0.3) is 11.4 Å². The molecule has 3 rings (SSSR count). The quantitative estimate of drug-likeness (QED) is 0.740. The summed E-state index contributed by atoms with van der Waals surface area (Å²) < 4.78 is 3.47. The van der Waals surface area contributed by atoms with Crippen LogP contribution in [0.4, 0.5) is 0 Å². The molecular weight excluding hydrogens is 282 g/mol. The van der Waals surface area contributed by atoms with Crippen LogP contribution >= 0.6 is 0 Å². The molecular formula is C14H15N7O. The molecule has 1 N–H and O–H groups in total. The summed E-state index contributed by atoms with van der Waals surface area (Å²) in [5.41, 5.74) is 1.38. The summed E-state index contributed by atoms with van der Waals surface area (Å²) in [7, 11) is 1.76. The van der Waals surface area contributed by atoms with Crippen LogP contribution in [0.1, 0.15) is 10.4 Å². The lowest BCUT2D eigenvalue weighted by atomic mass is 10.1. The lowest BCUT2D eigenvalue weighted by Gasteiger charge is -2.07. The predicted octanol–water partition coefficient (Wildman–Crippen LogP) is 0.504. The normalized spacial score (nSPS) is 10.6. The van der Waals surface area contributed by atoms with E-state index < -0.39 is 0 Å². The molecule has 1 aromatic carbocycles. The average molecular weight is 297 g/mol. The molecule has 0 bridgehead atoms. The van der Waals surface area contributed by atoms with E-state index in [4.69, 9.17) is 0 Å². The number of hydrogen-bond acceptors (Lipinski definition) is 5. The first-order valence-corrected chi connectivity index (χ1v) is 6.81. The molecule has 0 aliphatic rings. The van der Waals surface area contributed by atoms with Gasteiger partial charge in [-0.15, -0.1) is 5.10 Å². The van der Waals surface area contributed by atoms with Gasteiger partial charge < -0.3 is 9.88 Å². The number of carbonyl (C=O) groups is 1. The van der Waals surface area contributed by atoms with Crippen LogP contribution < -0.4 is 5.32 Å². The molecule has 0 fully saturated rings. The minimum atomic E-state index is -0.128. The largest absolute Gasteiger partial charge is 0.350 e. The van der Waals surface area contributed by atoms with Crippen molar-refractivity contribution in [2.45, 2.75) is 6.54 Å². The van der Waals surface area contributed by atoms with Crippen LogP contribution in [-0.2, 0) is 13.6 Å². The molecule has 0 saturated carbocycles. The number of nitrogens with zero attached hydrogens (tertiary/aromatic N) is 6. The first-order valence-electron chi connectivity index (χ1n) is 6.81. The molecule has 0 unspecified atom stereocenters. The first-order chi connectivity index (χ1) is 10.7. The maximum Gasteiger partial charge on any atom is 0.251 e. The Balaban J connectivity index is 1.66. The molecule has 0 saturated heterocycles. The summed E-state index contributed by atoms with van der Waals surface area (Å²) in [6, 6.07) is 7.22. The van der Waals surface area contributed by atoms with E-state index in [1.54, 1.807) is 36.4 Å². The van der Waals surface area contributed by atoms with Gasteiger partial charge in [-0.2, -0.15) is 0 Å². The Morgan fingerprint density at radius 3 is 3.00 bits per heavy atom. The molecule has 112 valence electrons. The fraction of sp³-hybridized carbons (Fsp3) is 0.214. The number of tetrazole rings is 1. The molecule has 0 atom stereocenters. The van der Waals surface area contributed by atoms with Crippen LogP contribution in [0.3, 0.4) is 0 Å². The van der Waals surface area contributed by atoms with Crippen LogP contribution in [0.5, 0.6) is 0 Å². The van der Waals surface area contributed by atoms with Crippen molar-refractivity contribution in [1.29, 1.82) is 0 Å². The number of carbonyl (C=O) groups excluding carboxylic acids is 1. The fourth-order valence-corrected chi connectivity index (χ4v) is 2.09. The van der Waals surface area contributed by atoms with Crippen molar-refractivity contribution in [3.8, 4) is 11.4 Å². The van der Waals surface area contributed by atoms with E-state index in [-0.39, 0.29) is 5.91 Å². The number of imidazole rings is 1. The van der Waals surface area contributed by atoms with Crippen LogP contribution in [-0.4, -0.2) is 42.2 Å². The van der Waals surface area contributed by atoms with E-state index >= 15 is 0 Å². The molecule has 1 amide bonds. The average Bonchev–Trinajstić information content (AvgIpc) is 3.19. The highest BCUT2D eigenvalue weighted by Gasteiger charge is 2.10. The Morgan fingerprint density at radius 1 is 1.36 bits per heavy atom. The van der Waals surface area contributed by atoms with Gasteiger partial charge in [-0.05, 0) is 22.6 Å². The van der Waals surface area contributed by atoms with Gasteiger partial charge in [0, 0.05) is 43.7 Å². The maximum absolute atomic E-state index is 12.2. The summed E-state index contributed by atoms with van der Waals surface area (Å²) in [5.74, 6) is 0.491. The topological polar surface area (TPSA) is 90.5 Å². The highest BCUT2D eigenvalue weighted by atomic mass is 16.1. The predicted molar refractivity (Wildman–Crippen MR) is 78.8 cm³/mol. The Hall–Kier alpha value is -3.03. The zero-order valence-electron chi connectivity index (χ0n) is 12.0. The second-order valence-electron chi connectivity index (χ2n) is 4.76. The Morgan fingerprint density at radius 2 is 2.27 bits per heavy atom. The van der Waals surface area contributed by atoms with Gasteiger partial charge in [0.25, 0.3) is 5.91 Å². The van der Waals surface area contributed by atoms with Gasteiger partial charge in [0.2, 0.25) is 0 Å². The van der Waals surface area contributed by atoms with E-state index in [2.05, 4.69) is 25.8 Å². The second-order valence-corrected chi connectivity index (χ2v) is 4.76. The van der Waals surface area contributed by atoms with E-state index in [0.29, 0.717) is 24.5 Å². The van der Waals surface area contributed by atoms with Crippen molar-refractivity contribution in [3.63, 3.8) is 0 Å². The molecule has 0 spiro atoms. The van der Waals surface area contributed by atoms with Crippen molar-refractivity contribution in [3.05, 3.63) is 48.5 Å². The highest BCUT2D eigenvalue weighted by molar-refractivity contribution is 5.95. The van der Waals surface area contributed by atoms with Crippen molar-refractivity contribution in [2.75, 3.05) is 6.54 Å². The second kappa shape index (κ2) is 6.17. The van der Waals surface area contributed by atoms with E-state index in [0.717, 1.165) is 5.56 Å². The number of benzene rings is 1. The summed E-state index contributed by atoms with van der Waals surface area (Å²) in [5, 5.41) is 14.2.